The molecule has 3 N–H and O–H groups in total. The van der Waals surface area contributed by atoms with Crippen molar-refractivity contribution < 1.29 is 28.3 Å². The fourth-order valence-electron chi connectivity index (χ4n) is 2.44. The van der Waals surface area contributed by atoms with Gasteiger partial charge in [-0.1, -0.05) is 71.6 Å². The zero-order valence-electron chi connectivity index (χ0n) is 14.5. The minimum atomic E-state index is -4.65. The van der Waals surface area contributed by atoms with Gasteiger partial charge in [0.1, 0.15) is 0 Å². The monoisotopic (exact) mass is 372 g/mol. The highest BCUT2D eigenvalue weighted by Gasteiger charge is 2.44. The van der Waals surface area contributed by atoms with Gasteiger partial charge in [-0.25, -0.2) is 0 Å². The lowest BCUT2D eigenvalue weighted by molar-refractivity contribution is 0.244. The number of hydrogen-bond donors (Lipinski definition) is 3. The second-order valence-corrected chi connectivity index (χ2v) is 10.3. The molecule has 2 atom stereocenters. The summed E-state index contributed by atoms with van der Waals surface area (Å²) >= 11 is 0. The van der Waals surface area contributed by atoms with Gasteiger partial charge in [-0.05, 0) is 12.8 Å². The van der Waals surface area contributed by atoms with Crippen LogP contribution in [0.15, 0.2) is 0 Å². The van der Waals surface area contributed by atoms with Crippen molar-refractivity contribution in [2.24, 2.45) is 0 Å². The van der Waals surface area contributed by atoms with E-state index in [-0.39, 0.29) is 13.0 Å². The van der Waals surface area contributed by atoms with Crippen molar-refractivity contribution in [1.29, 1.82) is 0 Å². The van der Waals surface area contributed by atoms with E-state index < -0.39 is 20.6 Å². The van der Waals surface area contributed by atoms with Crippen molar-refractivity contribution in [2.45, 2.75) is 89.9 Å². The molecule has 0 aliphatic heterocycles. The van der Waals surface area contributed by atoms with Gasteiger partial charge in [-0.3, -0.25) is 9.13 Å². The molecule has 23 heavy (non-hydrogen) atoms. The van der Waals surface area contributed by atoms with Crippen molar-refractivity contribution in [1.82, 2.24) is 0 Å². The molecule has 0 saturated carbocycles. The first kappa shape index (κ1) is 23.3. The van der Waals surface area contributed by atoms with Crippen LogP contribution in [-0.4, -0.2) is 26.7 Å². The highest BCUT2D eigenvalue weighted by atomic mass is 31.2. The van der Waals surface area contributed by atoms with Crippen LogP contribution in [0.2, 0.25) is 0 Å². The molecule has 0 radical (unpaired) electrons. The maximum atomic E-state index is 12.2. The Balaban J connectivity index is 4.28. The minimum absolute atomic E-state index is 0.0224. The highest BCUT2D eigenvalue weighted by molar-refractivity contribution is 7.71. The largest absolute Gasteiger partial charge is 0.343 e. The summed E-state index contributed by atoms with van der Waals surface area (Å²) in [7, 11) is -8.95. The molecule has 0 aromatic heterocycles. The third-order valence-corrected chi connectivity index (χ3v) is 8.23. The Kier molecular flexibility index (Phi) is 12.8. The van der Waals surface area contributed by atoms with Crippen LogP contribution in [0.5, 0.6) is 0 Å². The van der Waals surface area contributed by atoms with Crippen LogP contribution in [0, 0.1) is 0 Å². The van der Waals surface area contributed by atoms with E-state index in [1.165, 1.54) is 6.42 Å². The van der Waals surface area contributed by atoms with E-state index >= 15 is 0 Å². The average molecular weight is 372 g/mol. The van der Waals surface area contributed by atoms with E-state index in [2.05, 4.69) is 6.92 Å². The molecule has 0 spiro atoms. The van der Waals surface area contributed by atoms with Gasteiger partial charge in [0.25, 0.3) is 0 Å². The molecule has 6 nitrogen and oxygen atoms in total. The average Bonchev–Trinajstić information content (AvgIpc) is 2.44. The molecule has 0 saturated heterocycles. The molecule has 0 fully saturated rings. The first-order valence-electron chi connectivity index (χ1n) is 8.78. The van der Waals surface area contributed by atoms with Crippen LogP contribution in [0.4, 0.5) is 0 Å². The summed E-state index contributed by atoms with van der Waals surface area (Å²) in [6, 6.07) is 0. The van der Waals surface area contributed by atoms with Crippen molar-refractivity contribution in [2.75, 3.05) is 6.61 Å². The first-order valence-corrected chi connectivity index (χ1v) is 12.1. The smallest absolute Gasteiger partial charge is 0.324 e. The Bertz CT molecular complexity index is 382. The molecule has 0 aliphatic carbocycles. The predicted octanol–water partition coefficient (Wildman–Crippen LogP) is 5.02. The Hall–Kier alpha value is 0.300. The molecule has 8 heteroatoms. The molecule has 0 bridgehead atoms. The van der Waals surface area contributed by atoms with Gasteiger partial charge in [0.2, 0.25) is 0 Å². The maximum Gasteiger partial charge on any atom is 0.343 e. The normalized spacial score (nSPS) is 16.2. The van der Waals surface area contributed by atoms with E-state index in [9.17, 15) is 23.8 Å². The van der Waals surface area contributed by atoms with Crippen LogP contribution in [-0.2, 0) is 13.7 Å². The van der Waals surface area contributed by atoms with Crippen LogP contribution < -0.4 is 0 Å². The zero-order chi connectivity index (χ0) is 17.8. The van der Waals surface area contributed by atoms with E-state index in [1.807, 2.05) is 6.92 Å². The molecular formula is C15H34O6P2. The Morgan fingerprint density at radius 1 is 0.783 bits per heavy atom. The summed E-state index contributed by atoms with van der Waals surface area (Å²) < 4.78 is 28.7. The highest BCUT2D eigenvalue weighted by Crippen LogP contribution is 2.64. The van der Waals surface area contributed by atoms with Gasteiger partial charge in [-0.2, -0.15) is 0 Å². The van der Waals surface area contributed by atoms with E-state index in [0.29, 0.717) is 12.8 Å². The Labute approximate surface area is 140 Å². The van der Waals surface area contributed by atoms with Gasteiger partial charge >= 0.3 is 15.2 Å². The van der Waals surface area contributed by atoms with Crippen LogP contribution >= 0.6 is 15.2 Å². The molecule has 0 amide bonds. The predicted molar refractivity (Wildman–Crippen MR) is 93.7 cm³/mol. The fraction of sp³-hybridized carbons (Fsp3) is 1.00. The van der Waals surface area contributed by atoms with Crippen LogP contribution in [0.1, 0.15) is 84.5 Å². The van der Waals surface area contributed by atoms with E-state index in [1.54, 1.807) is 0 Å². The molecule has 0 heterocycles. The summed E-state index contributed by atoms with van der Waals surface area (Å²) in [6.45, 7) is 4.24. The third kappa shape index (κ3) is 11.5. The van der Waals surface area contributed by atoms with Gasteiger partial charge in [-0.15, -0.1) is 0 Å². The van der Waals surface area contributed by atoms with Crippen molar-refractivity contribution in [3.63, 3.8) is 0 Å². The second-order valence-electron chi connectivity index (χ2n) is 6.08. The number of rotatable bonds is 15. The van der Waals surface area contributed by atoms with Crippen molar-refractivity contribution >= 4 is 15.2 Å². The van der Waals surface area contributed by atoms with E-state index in [0.717, 1.165) is 44.9 Å². The third-order valence-electron chi connectivity index (χ3n) is 3.85. The summed E-state index contributed by atoms with van der Waals surface area (Å²) in [4.78, 5) is 28.7. The Morgan fingerprint density at radius 2 is 1.26 bits per heavy atom. The van der Waals surface area contributed by atoms with Crippen molar-refractivity contribution in [3.8, 4) is 0 Å². The summed E-state index contributed by atoms with van der Waals surface area (Å²) in [5.74, 6) is 0. The zero-order valence-corrected chi connectivity index (χ0v) is 16.3. The molecule has 2 unspecified atom stereocenters. The van der Waals surface area contributed by atoms with Crippen LogP contribution in [0.3, 0.4) is 0 Å². The van der Waals surface area contributed by atoms with Gasteiger partial charge in [0.15, 0.2) is 5.40 Å². The summed E-state index contributed by atoms with van der Waals surface area (Å²) in [5.41, 5.74) is 0. The SMILES string of the molecule is CCCCCCCCOP(=O)(O)C(CCCCCC)P(=O)(O)O. The summed E-state index contributed by atoms with van der Waals surface area (Å²) in [5, 5.41) is -1.59. The quantitative estimate of drug-likeness (QED) is 0.275. The standard InChI is InChI=1S/C15H34O6P2/c1-3-5-7-9-10-12-14-21-23(19,20)15(22(16,17)18)13-11-8-6-4-2/h15H,3-14H2,1-2H3,(H,19,20)(H2,16,17,18). The minimum Gasteiger partial charge on any atom is -0.324 e. The number of unbranched alkanes of at least 4 members (excludes halogenated alkanes) is 8. The fourth-order valence-corrected chi connectivity index (χ4v) is 5.75. The maximum absolute atomic E-state index is 12.2. The molecular weight excluding hydrogens is 338 g/mol. The van der Waals surface area contributed by atoms with Gasteiger partial charge < -0.3 is 19.2 Å². The second kappa shape index (κ2) is 12.6. The lowest BCUT2D eigenvalue weighted by Gasteiger charge is -2.23. The summed E-state index contributed by atoms with van der Waals surface area (Å²) in [6.07, 6.45) is 9.33. The van der Waals surface area contributed by atoms with Gasteiger partial charge in [0, 0.05) is 0 Å². The lowest BCUT2D eigenvalue weighted by atomic mass is 10.1. The molecule has 0 aromatic rings. The van der Waals surface area contributed by atoms with E-state index in [4.69, 9.17) is 4.52 Å². The first-order chi connectivity index (χ1) is 10.8. The molecule has 140 valence electrons. The topological polar surface area (TPSA) is 104 Å². The lowest BCUT2D eigenvalue weighted by Crippen LogP contribution is -2.12. The van der Waals surface area contributed by atoms with Crippen molar-refractivity contribution in [3.05, 3.63) is 0 Å². The number of hydrogen-bond acceptors (Lipinski definition) is 3. The molecule has 0 aliphatic rings. The Morgan fingerprint density at radius 3 is 1.78 bits per heavy atom. The molecule has 0 aromatic carbocycles. The van der Waals surface area contributed by atoms with Crippen LogP contribution in [0.25, 0.3) is 0 Å². The molecule has 0 rings (SSSR count). The van der Waals surface area contributed by atoms with Gasteiger partial charge in [0.05, 0.1) is 6.61 Å².